The van der Waals surface area contributed by atoms with E-state index in [0.29, 0.717) is 18.0 Å². The van der Waals surface area contributed by atoms with E-state index >= 15 is 0 Å². The molecule has 0 bridgehead atoms. The first-order valence-corrected chi connectivity index (χ1v) is 6.00. The minimum Gasteiger partial charge on any atom is -0.326 e. The molecule has 3 nitrogen and oxygen atoms in total. The summed E-state index contributed by atoms with van der Waals surface area (Å²) >= 11 is 0. The molecule has 2 N–H and O–H groups in total. The lowest BCUT2D eigenvalue weighted by Gasteiger charge is -2.08. The molecule has 0 aliphatic carbocycles. The van der Waals surface area contributed by atoms with Crippen LogP contribution in [0.2, 0.25) is 0 Å². The summed E-state index contributed by atoms with van der Waals surface area (Å²) in [5, 5.41) is 6.05. The van der Waals surface area contributed by atoms with Gasteiger partial charge in [-0.15, -0.1) is 0 Å². The zero-order chi connectivity index (χ0) is 12.1. The molecule has 1 saturated heterocycles. The first-order chi connectivity index (χ1) is 8.24. The van der Waals surface area contributed by atoms with E-state index in [1.807, 2.05) is 0 Å². The Kier molecular flexibility index (Phi) is 4.09. The van der Waals surface area contributed by atoms with Gasteiger partial charge in [-0.05, 0) is 56.1 Å². The number of anilines is 1. The lowest BCUT2D eigenvalue weighted by atomic mass is 10.0. The molecule has 1 fully saturated rings. The van der Waals surface area contributed by atoms with Crippen LogP contribution in [0.1, 0.15) is 19.3 Å². The molecule has 1 aromatic carbocycles. The number of benzene rings is 1. The fourth-order valence-corrected chi connectivity index (χ4v) is 2.05. The minimum atomic E-state index is -0.292. The Labute approximate surface area is 100 Å². The number of hydrogen-bond acceptors (Lipinski definition) is 2. The Morgan fingerprint density at radius 2 is 2.18 bits per heavy atom. The largest absolute Gasteiger partial charge is 0.326 e. The molecule has 17 heavy (non-hydrogen) atoms. The maximum atomic E-state index is 12.7. The molecule has 0 aromatic heterocycles. The highest BCUT2D eigenvalue weighted by Crippen LogP contribution is 2.15. The van der Waals surface area contributed by atoms with Crippen molar-refractivity contribution in [1.29, 1.82) is 0 Å². The molecule has 4 heteroatoms. The number of hydrogen-bond donors (Lipinski definition) is 2. The zero-order valence-corrected chi connectivity index (χ0v) is 9.71. The van der Waals surface area contributed by atoms with Gasteiger partial charge in [-0.2, -0.15) is 0 Å². The summed E-state index contributed by atoms with van der Waals surface area (Å²) in [6.45, 7) is 2.08. The van der Waals surface area contributed by atoms with Gasteiger partial charge in [-0.3, -0.25) is 4.79 Å². The Hall–Kier alpha value is -1.42. The summed E-state index contributed by atoms with van der Waals surface area (Å²) in [7, 11) is 0. The van der Waals surface area contributed by atoms with Crippen molar-refractivity contribution in [3.05, 3.63) is 30.1 Å². The Morgan fingerprint density at radius 1 is 1.41 bits per heavy atom. The van der Waals surface area contributed by atoms with Crippen molar-refractivity contribution >= 4 is 11.6 Å². The van der Waals surface area contributed by atoms with Crippen molar-refractivity contribution in [1.82, 2.24) is 5.32 Å². The van der Waals surface area contributed by atoms with Crippen LogP contribution in [-0.4, -0.2) is 19.0 Å². The van der Waals surface area contributed by atoms with E-state index in [0.717, 1.165) is 25.9 Å². The van der Waals surface area contributed by atoms with Gasteiger partial charge in [-0.25, -0.2) is 4.39 Å². The zero-order valence-electron chi connectivity index (χ0n) is 9.71. The van der Waals surface area contributed by atoms with Crippen molar-refractivity contribution in [2.75, 3.05) is 18.4 Å². The highest BCUT2D eigenvalue weighted by molar-refractivity contribution is 5.90. The summed E-state index contributed by atoms with van der Waals surface area (Å²) in [5.41, 5.74) is 0.654. The van der Waals surface area contributed by atoms with Crippen LogP contribution in [0.5, 0.6) is 0 Å². The maximum Gasteiger partial charge on any atom is 0.224 e. The molecule has 1 atom stereocenters. The van der Waals surface area contributed by atoms with Gasteiger partial charge in [-0.1, -0.05) is 0 Å². The van der Waals surface area contributed by atoms with Crippen LogP contribution in [0.25, 0.3) is 0 Å². The summed E-state index contributed by atoms with van der Waals surface area (Å²) in [6.07, 6.45) is 2.60. The molecule has 1 aromatic rings. The van der Waals surface area contributed by atoms with E-state index in [2.05, 4.69) is 10.6 Å². The average molecular weight is 236 g/mol. The summed E-state index contributed by atoms with van der Waals surface area (Å²) in [4.78, 5) is 11.6. The molecule has 0 radical (unpaired) electrons. The average Bonchev–Trinajstić information content (AvgIpc) is 2.83. The lowest BCUT2D eigenvalue weighted by molar-refractivity contribution is -0.116. The molecule has 0 spiro atoms. The Bertz CT molecular complexity index is 372. The molecule has 2 rings (SSSR count). The van der Waals surface area contributed by atoms with Crippen molar-refractivity contribution in [3.63, 3.8) is 0 Å². The van der Waals surface area contributed by atoms with Crippen LogP contribution in [0.3, 0.4) is 0 Å². The van der Waals surface area contributed by atoms with Crippen LogP contribution in [0.15, 0.2) is 24.3 Å². The lowest BCUT2D eigenvalue weighted by Crippen LogP contribution is -2.14. The van der Waals surface area contributed by atoms with Crippen molar-refractivity contribution in [3.8, 4) is 0 Å². The van der Waals surface area contributed by atoms with E-state index in [9.17, 15) is 9.18 Å². The molecule has 1 unspecified atom stereocenters. The maximum absolute atomic E-state index is 12.7. The predicted molar refractivity (Wildman–Crippen MR) is 65.2 cm³/mol. The predicted octanol–water partition coefficient (Wildman–Crippen LogP) is 2.15. The third kappa shape index (κ3) is 3.82. The number of carbonyl (C=O) groups excluding carboxylic acids is 1. The number of amides is 1. The highest BCUT2D eigenvalue weighted by Gasteiger charge is 2.15. The van der Waals surface area contributed by atoms with E-state index in [-0.39, 0.29) is 11.7 Å². The van der Waals surface area contributed by atoms with E-state index in [4.69, 9.17) is 0 Å². The first-order valence-electron chi connectivity index (χ1n) is 6.00. The topological polar surface area (TPSA) is 41.1 Å². The van der Waals surface area contributed by atoms with Crippen molar-refractivity contribution < 1.29 is 9.18 Å². The standard InChI is InChI=1S/C13H17FN2O/c14-11-2-4-12(5-3-11)16-13(17)6-1-10-7-8-15-9-10/h2-5,10,15H,1,6-9H2,(H,16,17). The smallest absolute Gasteiger partial charge is 0.224 e. The molecule has 1 amide bonds. The molecule has 0 saturated carbocycles. The van der Waals surface area contributed by atoms with Crippen LogP contribution in [0.4, 0.5) is 10.1 Å². The fraction of sp³-hybridized carbons (Fsp3) is 0.462. The van der Waals surface area contributed by atoms with Crippen molar-refractivity contribution in [2.24, 2.45) is 5.92 Å². The molecular formula is C13H17FN2O. The van der Waals surface area contributed by atoms with Gasteiger partial charge in [0.2, 0.25) is 5.91 Å². The third-order valence-electron chi connectivity index (χ3n) is 3.07. The third-order valence-corrected chi connectivity index (χ3v) is 3.07. The van der Waals surface area contributed by atoms with Gasteiger partial charge in [0.25, 0.3) is 0 Å². The summed E-state index contributed by atoms with van der Waals surface area (Å²) < 4.78 is 12.7. The Morgan fingerprint density at radius 3 is 2.82 bits per heavy atom. The summed E-state index contributed by atoms with van der Waals surface area (Å²) in [6, 6.07) is 5.84. The van der Waals surface area contributed by atoms with Crippen LogP contribution >= 0.6 is 0 Å². The second-order valence-electron chi connectivity index (χ2n) is 4.45. The van der Waals surface area contributed by atoms with Gasteiger partial charge in [0, 0.05) is 12.1 Å². The molecule has 92 valence electrons. The second kappa shape index (κ2) is 5.77. The monoisotopic (exact) mass is 236 g/mol. The number of carbonyl (C=O) groups is 1. The minimum absolute atomic E-state index is 0.00325. The molecular weight excluding hydrogens is 219 g/mol. The number of halogens is 1. The Balaban J connectivity index is 1.74. The summed E-state index contributed by atoms with van der Waals surface area (Å²) in [5.74, 6) is 0.331. The van der Waals surface area contributed by atoms with E-state index in [1.165, 1.54) is 12.1 Å². The van der Waals surface area contributed by atoms with E-state index in [1.54, 1.807) is 12.1 Å². The molecule has 1 heterocycles. The SMILES string of the molecule is O=C(CCC1CCNC1)Nc1ccc(F)cc1. The van der Waals surface area contributed by atoms with E-state index < -0.39 is 0 Å². The highest BCUT2D eigenvalue weighted by atomic mass is 19.1. The number of nitrogens with one attached hydrogen (secondary N) is 2. The molecule has 1 aliphatic heterocycles. The van der Waals surface area contributed by atoms with Gasteiger partial charge >= 0.3 is 0 Å². The fourth-order valence-electron chi connectivity index (χ4n) is 2.05. The van der Waals surface area contributed by atoms with Crippen LogP contribution in [0, 0.1) is 11.7 Å². The first kappa shape index (κ1) is 12.0. The van der Waals surface area contributed by atoms with Crippen LogP contribution < -0.4 is 10.6 Å². The molecule has 1 aliphatic rings. The van der Waals surface area contributed by atoms with Gasteiger partial charge in [0.15, 0.2) is 0 Å². The van der Waals surface area contributed by atoms with Crippen LogP contribution in [-0.2, 0) is 4.79 Å². The van der Waals surface area contributed by atoms with Gasteiger partial charge in [0.1, 0.15) is 5.82 Å². The number of rotatable bonds is 4. The van der Waals surface area contributed by atoms with Gasteiger partial charge in [0.05, 0.1) is 0 Å². The second-order valence-corrected chi connectivity index (χ2v) is 4.45. The van der Waals surface area contributed by atoms with Gasteiger partial charge < -0.3 is 10.6 Å². The van der Waals surface area contributed by atoms with Crippen molar-refractivity contribution in [2.45, 2.75) is 19.3 Å². The normalized spacial score (nSPS) is 19.2. The quantitative estimate of drug-likeness (QED) is 0.841.